The van der Waals surface area contributed by atoms with E-state index in [0.29, 0.717) is 0 Å². The van der Waals surface area contributed by atoms with Gasteiger partial charge in [0.1, 0.15) is 10.8 Å². The molecule has 0 saturated carbocycles. The normalized spacial score (nSPS) is 13.3. The maximum Gasteiger partial charge on any atom is 0.283 e. The number of nitrogens with zero attached hydrogens (tertiary/aromatic N) is 1. The van der Waals surface area contributed by atoms with Gasteiger partial charge in [-0.15, -0.1) is 0 Å². The molecular formula is C14H12ClN3O3S. The van der Waals surface area contributed by atoms with Crippen molar-refractivity contribution in [2.75, 3.05) is 11.9 Å². The SMILES string of the molecule is O=C(NS(=O)(=O)c1ccc2c(c1)CCN2)c1cccc(Cl)n1. The Morgan fingerprint density at radius 2 is 2.09 bits per heavy atom. The highest BCUT2D eigenvalue weighted by atomic mass is 35.5. The van der Waals surface area contributed by atoms with E-state index in [0.717, 1.165) is 24.2 Å². The number of benzene rings is 1. The maximum atomic E-state index is 12.3. The number of anilines is 1. The Kier molecular flexibility index (Phi) is 3.76. The number of rotatable bonds is 3. The first-order valence-corrected chi connectivity index (χ1v) is 8.38. The second-order valence-electron chi connectivity index (χ2n) is 4.78. The molecule has 1 aliphatic heterocycles. The quantitative estimate of drug-likeness (QED) is 0.834. The molecule has 1 amide bonds. The lowest BCUT2D eigenvalue weighted by atomic mass is 10.2. The van der Waals surface area contributed by atoms with Crippen LogP contribution in [0.3, 0.4) is 0 Å². The van der Waals surface area contributed by atoms with E-state index in [9.17, 15) is 13.2 Å². The summed E-state index contributed by atoms with van der Waals surface area (Å²) in [7, 11) is -3.95. The van der Waals surface area contributed by atoms with Gasteiger partial charge in [0.05, 0.1) is 4.90 Å². The Bertz CT molecular complexity index is 852. The number of carbonyl (C=O) groups excluding carboxylic acids is 1. The topological polar surface area (TPSA) is 88.2 Å². The first-order valence-electron chi connectivity index (χ1n) is 6.52. The van der Waals surface area contributed by atoms with Gasteiger partial charge in [0, 0.05) is 12.2 Å². The molecule has 0 radical (unpaired) electrons. The predicted molar refractivity (Wildman–Crippen MR) is 82.5 cm³/mol. The molecule has 1 aliphatic rings. The number of aromatic nitrogens is 1. The summed E-state index contributed by atoms with van der Waals surface area (Å²) in [5, 5.41) is 3.26. The van der Waals surface area contributed by atoms with Gasteiger partial charge < -0.3 is 5.32 Å². The number of halogens is 1. The zero-order valence-corrected chi connectivity index (χ0v) is 12.9. The summed E-state index contributed by atoms with van der Waals surface area (Å²) in [6.45, 7) is 0.775. The molecule has 0 bridgehead atoms. The van der Waals surface area contributed by atoms with E-state index in [1.165, 1.54) is 24.3 Å². The van der Waals surface area contributed by atoms with Crippen LogP contribution in [0.4, 0.5) is 5.69 Å². The molecule has 0 aliphatic carbocycles. The third kappa shape index (κ3) is 2.90. The van der Waals surface area contributed by atoms with Crippen molar-refractivity contribution < 1.29 is 13.2 Å². The van der Waals surface area contributed by atoms with Crippen LogP contribution in [0, 0.1) is 0 Å². The van der Waals surface area contributed by atoms with E-state index in [-0.39, 0.29) is 15.7 Å². The number of amides is 1. The molecule has 8 heteroatoms. The Balaban J connectivity index is 1.86. The predicted octanol–water partition coefficient (Wildman–Crippen LogP) is 1.82. The minimum absolute atomic E-state index is 0.0466. The summed E-state index contributed by atoms with van der Waals surface area (Å²) < 4.78 is 26.6. The fraction of sp³-hybridized carbons (Fsp3) is 0.143. The zero-order chi connectivity index (χ0) is 15.7. The highest BCUT2D eigenvalue weighted by molar-refractivity contribution is 7.90. The Morgan fingerprint density at radius 3 is 2.86 bits per heavy atom. The molecule has 0 spiro atoms. The lowest BCUT2D eigenvalue weighted by molar-refractivity contribution is 0.0976. The third-order valence-electron chi connectivity index (χ3n) is 3.27. The molecule has 2 aromatic rings. The summed E-state index contributed by atoms with van der Waals surface area (Å²) >= 11 is 5.69. The Labute approximate surface area is 132 Å². The van der Waals surface area contributed by atoms with Gasteiger partial charge in [0.2, 0.25) is 0 Å². The molecular weight excluding hydrogens is 326 g/mol. The summed E-state index contributed by atoms with van der Waals surface area (Å²) in [6, 6.07) is 9.13. The highest BCUT2D eigenvalue weighted by Crippen LogP contribution is 2.25. The third-order valence-corrected chi connectivity index (χ3v) is 4.81. The number of pyridine rings is 1. The van der Waals surface area contributed by atoms with Crippen LogP contribution in [-0.4, -0.2) is 25.9 Å². The molecule has 0 atom stereocenters. The van der Waals surface area contributed by atoms with Crippen LogP contribution in [0.15, 0.2) is 41.3 Å². The van der Waals surface area contributed by atoms with E-state index >= 15 is 0 Å². The minimum Gasteiger partial charge on any atom is -0.384 e. The van der Waals surface area contributed by atoms with E-state index in [4.69, 9.17) is 11.6 Å². The van der Waals surface area contributed by atoms with Gasteiger partial charge in [-0.25, -0.2) is 18.1 Å². The standard InChI is InChI=1S/C14H12ClN3O3S/c15-13-3-1-2-12(17-13)14(19)18-22(20,21)10-4-5-11-9(8-10)6-7-16-11/h1-5,8,16H,6-7H2,(H,18,19). The molecule has 1 aromatic heterocycles. The molecule has 1 aromatic carbocycles. The number of nitrogens with one attached hydrogen (secondary N) is 2. The first kappa shape index (κ1) is 14.8. The van der Waals surface area contributed by atoms with Crippen molar-refractivity contribution in [3.05, 3.63) is 52.8 Å². The molecule has 0 fully saturated rings. The number of sulfonamides is 1. The van der Waals surface area contributed by atoms with Crippen LogP contribution in [0.2, 0.25) is 5.15 Å². The van der Waals surface area contributed by atoms with E-state index in [2.05, 4.69) is 10.3 Å². The second-order valence-corrected chi connectivity index (χ2v) is 6.85. The lowest BCUT2D eigenvalue weighted by Crippen LogP contribution is -2.31. The minimum atomic E-state index is -3.95. The van der Waals surface area contributed by atoms with Gasteiger partial charge in [-0.2, -0.15) is 0 Å². The second kappa shape index (κ2) is 5.58. The number of fused-ring (bicyclic) bond motifs is 1. The number of hydrogen-bond acceptors (Lipinski definition) is 5. The van der Waals surface area contributed by atoms with Crippen molar-refractivity contribution >= 4 is 33.2 Å². The summed E-state index contributed by atoms with van der Waals surface area (Å²) in [6.07, 6.45) is 0.752. The summed E-state index contributed by atoms with van der Waals surface area (Å²) in [4.78, 5) is 15.8. The van der Waals surface area contributed by atoms with Crippen LogP contribution in [0.25, 0.3) is 0 Å². The largest absolute Gasteiger partial charge is 0.384 e. The molecule has 22 heavy (non-hydrogen) atoms. The molecule has 114 valence electrons. The van der Waals surface area contributed by atoms with Crippen LogP contribution in [-0.2, 0) is 16.4 Å². The van der Waals surface area contributed by atoms with Crippen molar-refractivity contribution in [1.29, 1.82) is 0 Å². The summed E-state index contributed by atoms with van der Waals surface area (Å²) in [5.74, 6) is -0.818. The average molecular weight is 338 g/mol. The molecule has 2 heterocycles. The summed E-state index contributed by atoms with van der Waals surface area (Å²) in [5.41, 5.74) is 1.77. The molecule has 0 saturated heterocycles. The van der Waals surface area contributed by atoms with Gasteiger partial charge in [-0.05, 0) is 42.3 Å². The Morgan fingerprint density at radius 1 is 1.27 bits per heavy atom. The van der Waals surface area contributed by atoms with Gasteiger partial charge in [0.15, 0.2) is 0 Å². The molecule has 0 unspecified atom stereocenters. The molecule has 6 nitrogen and oxygen atoms in total. The van der Waals surface area contributed by atoms with E-state index < -0.39 is 15.9 Å². The van der Waals surface area contributed by atoms with Gasteiger partial charge in [-0.3, -0.25) is 4.79 Å². The van der Waals surface area contributed by atoms with Crippen molar-refractivity contribution in [2.45, 2.75) is 11.3 Å². The smallest absolute Gasteiger partial charge is 0.283 e. The van der Waals surface area contributed by atoms with Crippen LogP contribution in [0.1, 0.15) is 16.1 Å². The fourth-order valence-electron chi connectivity index (χ4n) is 2.22. The maximum absolute atomic E-state index is 12.3. The zero-order valence-electron chi connectivity index (χ0n) is 11.3. The van der Waals surface area contributed by atoms with E-state index in [1.54, 1.807) is 12.1 Å². The van der Waals surface area contributed by atoms with Crippen LogP contribution < -0.4 is 10.0 Å². The highest BCUT2D eigenvalue weighted by Gasteiger charge is 2.21. The molecule has 3 rings (SSSR count). The molecule has 2 N–H and O–H groups in total. The van der Waals surface area contributed by atoms with Gasteiger partial charge >= 0.3 is 0 Å². The van der Waals surface area contributed by atoms with Gasteiger partial charge in [-0.1, -0.05) is 17.7 Å². The monoisotopic (exact) mass is 337 g/mol. The van der Waals surface area contributed by atoms with Crippen LogP contribution >= 0.6 is 11.6 Å². The fourth-order valence-corrected chi connectivity index (χ4v) is 3.39. The van der Waals surface area contributed by atoms with Crippen molar-refractivity contribution in [1.82, 2.24) is 9.71 Å². The van der Waals surface area contributed by atoms with Crippen LogP contribution in [0.5, 0.6) is 0 Å². The average Bonchev–Trinajstić information content (AvgIpc) is 2.94. The number of carbonyl (C=O) groups is 1. The van der Waals surface area contributed by atoms with E-state index in [1.807, 2.05) is 4.72 Å². The van der Waals surface area contributed by atoms with Crippen molar-refractivity contribution in [3.63, 3.8) is 0 Å². The lowest BCUT2D eigenvalue weighted by Gasteiger charge is -2.08. The van der Waals surface area contributed by atoms with Crippen molar-refractivity contribution in [2.24, 2.45) is 0 Å². The number of hydrogen-bond donors (Lipinski definition) is 2. The Hall–Kier alpha value is -2.12. The first-order chi connectivity index (χ1) is 10.5. The van der Waals surface area contributed by atoms with Gasteiger partial charge in [0.25, 0.3) is 15.9 Å². The van der Waals surface area contributed by atoms with Crippen molar-refractivity contribution in [3.8, 4) is 0 Å².